The predicted octanol–water partition coefficient (Wildman–Crippen LogP) is 3.16. The van der Waals surface area contributed by atoms with Gasteiger partial charge in [-0.3, -0.25) is 9.69 Å². The second kappa shape index (κ2) is 8.14. The monoisotopic (exact) mass is 373 g/mol. The number of nitrogens with zero attached hydrogens (tertiary/aromatic N) is 4. The van der Waals surface area contributed by atoms with E-state index in [1.54, 1.807) is 0 Å². The molecule has 1 N–H and O–H groups in total. The molecule has 0 unspecified atom stereocenters. The fourth-order valence-electron chi connectivity index (χ4n) is 3.30. The molecule has 26 heavy (non-hydrogen) atoms. The van der Waals surface area contributed by atoms with Crippen LogP contribution in [0.3, 0.4) is 0 Å². The van der Waals surface area contributed by atoms with Crippen LogP contribution in [-0.4, -0.2) is 44.3 Å². The maximum atomic E-state index is 12.5. The number of aromatic nitrogens is 3. The predicted molar refractivity (Wildman–Crippen MR) is 105 cm³/mol. The summed E-state index contributed by atoms with van der Waals surface area (Å²) in [6.07, 6.45) is 3.69. The van der Waals surface area contributed by atoms with Gasteiger partial charge >= 0.3 is 0 Å². The lowest BCUT2D eigenvalue weighted by molar-refractivity contribution is 0.0895. The number of amides is 1. The van der Waals surface area contributed by atoms with Gasteiger partial charge in [-0.2, -0.15) is 5.10 Å². The molecular formula is C19H27N5OS. The molecule has 1 amide bonds. The van der Waals surface area contributed by atoms with Gasteiger partial charge in [0.1, 0.15) is 6.33 Å². The van der Waals surface area contributed by atoms with Crippen molar-refractivity contribution < 1.29 is 4.79 Å². The zero-order chi connectivity index (χ0) is 18.7. The summed E-state index contributed by atoms with van der Waals surface area (Å²) in [7, 11) is 0. The minimum atomic E-state index is 0.0273. The SMILES string of the molecule is Cc1ccccc1C(=O)NC1CCN(Cn2ncn(C(C)C)c2=S)CC1. The lowest BCUT2D eigenvalue weighted by Crippen LogP contribution is -2.45. The normalized spacial score (nSPS) is 16.2. The van der Waals surface area contributed by atoms with E-state index >= 15 is 0 Å². The second-order valence-electron chi connectivity index (χ2n) is 7.24. The van der Waals surface area contributed by atoms with Gasteiger partial charge in [0.25, 0.3) is 5.91 Å². The summed E-state index contributed by atoms with van der Waals surface area (Å²) in [5.41, 5.74) is 1.78. The molecule has 1 aromatic heterocycles. The average Bonchev–Trinajstić information content (AvgIpc) is 2.98. The Morgan fingerprint density at radius 2 is 2.00 bits per heavy atom. The number of carbonyl (C=O) groups is 1. The Morgan fingerprint density at radius 1 is 1.31 bits per heavy atom. The number of nitrogens with one attached hydrogen (secondary N) is 1. The number of rotatable bonds is 5. The van der Waals surface area contributed by atoms with Crippen LogP contribution < -0.4 is 5.32 Å². The van der Waals surface area contributed by atoms with Crippen molar-refractivity contribution in [2.24, 2.45) is 0 Å². The van der Waals surface area contributed by atoms with Crippen LogP contribution >= 0.6 is 12.2 Å². The molecule has 0 spiro atoms. The molecule has 0 atom stereocenters. The minimum absolute atomic E-state index is 0.0273. The van der Waals surface area contributed by atoms with E-state index in [0.717, 1.165) is 41.8 Å². The van der Waals surface area contributed by atoms with Gasteiger partial charge in [0.15, 0.2) is 4.77 Å². The Hall–Kier alpha value is -1.99. The largest absolute Gasteiger partial charge is 0.349 e. The number of hydrogen-bond acceptors (Lipinski definition) is 4. The van der Waals surface area contributed by atoms with E-state index < -0.39 is 0 Å². The van der Waals surface area contributed by atoms with Crippen molar-refractivity contribution in [1.29, 1.82) is 0 Å². The van der Waals surface area contributed by atoms with Crippen molar-refractivity contribution in [3.05, 3.63) is 46.5 Å². The maximum Gasteiger partial charge on any atom is 0.251 e. The third-order valence-corrected chi connectivity index (χ3v) is 5.38. The van der Waals surface area contributed by atoms with Crippen molar-refractivity contribution in [2.45, 2.75) is 52.4 Å². The molecule has 1 aliphatic heterocycles. The minimum Gasteiger partial charge on any atom is -0.349 e. The molecule has 0 saturated carbocycles. The van der Waals surface area contributed by atoms with Crippen LogP contribution in [-0.2, 0) is 6.67 Å². The third-order valence-electron chi connectivity index (χ3n) is 4.96. The quantitative estimate of drug-likeness (QED) is 0.818. The summed E-state index contributed by atoms with van der Waals surface area (Å²) in [5.74, 6) is 0.0273. The van der Waals surface area contributed by atoms with Crippen molar-refractivity contribution in [1.82, 2.24) is 24.6 Å². The summed E-state index contributed by atoms with van der Waals surface area (Å²) in [5, 5.41) is 7.59. The highest BCUT2D eigenvalue weighted by atomic mass is 32.1. The number of piperidine rings is 1. The van der Waals surface area contributed by atoms with E-state index in [1.165, 1.54) is 0 Å². The Balaban J connectivity index is 1.52. The summed E-state index contributed by atoms with van der Waals surface area (Å²) in [6, 6.07) is 8.25. The van der Waals surface area contributed by atoms with Gasteiger partial charge in [0, 0.05) is 30.7 Å². The Kier molecular flexibility index (Phi) is 5.88. The zero-order valence-corrected chi connectivity index (χ0v) is 16.5. The van der Waals surface area contributed by atoms with Crippen LogP contribution in [0.4, 0.5) is 0 Å². The van der Waals surface area contributed by atoms with Gasteiger partial charge in [0.2, 0.25) is 0 Å². The first-order chi connectivity index (χ1) is 12.5. The number of likely N-dealkylation sites (tertiary alicyclic amines) is 1. The van der Waals surface area contributed by atoms with E-state index in [4.69, 9.17) is 12.2 Å². The Bertz CT molecular complexity index is 817. The molecule has 0 radical (unpaired) electrons. The van der Waals surface area contributed by atoms with Crippen LogP contribution in [0.2, 0.25) is 0 Å². The van der Waals surface area contributed by atoms with E-state index in [0.29, 0.717) is 12.7 Å². The van der Waals surface area contributed by atoms with E-state index in [2.05, 4.69) is 29.2 Å². The maximum absolute atomic E-state index is 12.5. The van der Waals surface area contributed by atoms with Crippen molar-refractivity contribution >= 4 is 18.1 Å². The summed E-state index contributed by atoms with van der Waals surface area (Å²) >= 11 is 5.50. The molecule has 1 aliphatic rings. The Labute approximate surface area is 159 Å². The van der Waals surface area contributed by atoms with Crippen LogP contribution in [0.25, 0.3) is 0 Å². The molecule has 0 bridgehead atoms. The second-order valence-corrected chi connectivity index (χ2v) is 7.60. The number of hydrogen-bond donors (Lipinski definition) is 1. The standard InChI is InChI=1S/C19H27N5OS/c1-14(2)23-12-20-24(19(23)26)13-22-10-8-16(9-11-22)21-18(25)17-7-5-4-6-15(17)3/h4-7,12,14,16H,8-11,13H2,1-3H3,(H,21,25). The van der Waals surface area contributed by atoms with E-state index in [1.807, 2.05) is 46.8 Å². The van der Waals surface area contributed by atoms with E-state index in [9.17, 15) is 4.79 Å². The summed E-state index contributed by atoms with van der Waals surface area (Å²) in [6.45, 7) is 8.73. The number of carbonyl (C=O) groups excluding carboxylic acids is 1. The first-order valence-corrected chi connectivity index (χ1v) is 9.59. The van der Waals surface area contributed by atoms with Gasteiger partial charge in [-0.25, -0.2) is 4.68 Å². The number of aryl methyl sites for hydroxylation is 1. The molecule has 7 heteroatoms. The molecule has 1 fully saturated rings. The fourth-order valence-corrected chi connectivity index (χ4v) is 3.66. The average molecular weight is 374 g/mol. The highest BCUT2D eigenvalue weighted by Gasteiger charge is 2.22. The topological polar surface area (TPSA) is 55.1 Å². The lowest BCUT2D eigenvalue weighted by Gasteiger charge is -2.32. The van der Waals surface area contributed by atoms with Crippen molar-refractivity contribution in [2.75, 3.05) is 13.1 Å². The van der Waals surface area contributed by atoms with Gasteiger partial charge in [-0.05, 0) is 57.5 Å². The molecular weight excluding hydrogens is 346 g/mol. The Morgan fingerprint density at radius 3 is 2.62 bits per heavy atom. The zero-order valence-electron chi connectivity index (χ0n) is 15.7. The van der Waals surface area contributed by atoms with E-state index in [-0.39, 0.29) is 11.9 Å². The van der Waals surface area contributed by atoms with Crippen LogP contribution in [0.1, 0.15) is 48.7 Å². The summed E-state index contributed by atoms with van der Waals surface area (Å²) in [4.78, 5) is 14.8. The van der Waals surface area contributed by atoms with Gasteiger partial charge < -0.3 is 9.88 Å². The van der Waals surface area contributed by atoms with Crippen LogP contribution in [0.15, 0.2) is 30.6 Å². The summed E-state index contributed by atoms with van der Waals surface area (Å²) < 4.78 is 4.64. The molecule has 3 rings (SSSR count). The molecule has 2 heterocycles. The lowest BCUT2D eigenvalue weighted by atomic mass is 10.0. The molecule has 140 valence electrons. The first kappa shape index (κ1) is 18.8. The van der Waals surface area contributed by atoms with Gasteiger partial charge in [0.05, 0.1) is 6.67 Å². The van der Waals surface area contributed by atoms with Crippen molar-refractivity contribution in [3.63, 3.8) is 0 Å². The number of benzene rings is 1. The van der Waals surface area contributed by atoms with Crippen LogP contribution in [0, 0.1) is 11.7 Å². The van der Waals surface area contributed by atoms with Crippen molar-refractivity contribution in [3.8, 4) is 0 Å². The highest BCUT2D eigenvalue weighted by molar-refractivity contribution is 7.71. The molecule has 2 aromatic rings. The smallest absolute Gasteiger partial charge is 0.251 e. The first-order valence-electron chi connectivity index (χ1n) is 9.18. The molecule has 6 nitrogen and oxygen atoms in total. The highest BCUT2D eigenvalue weighted by Crippen LogP contribution is 2.14. The van der Waals surface area contributed by atoms with Crippen LogP contribution in [0.5, 0.6) is 0 Å². The third kappa shape index (κ3) is 4.22. The molecule has 1 saturated heterocycles. The molecule has 0 aliphatic carbocycles. The van der Waals surface area contributed by atoms with Gasteiger partial charge in [-0.1, -0.05) is 18.2 Å². The molecule has 1 aromatic carbocycles. The fraction of sp³-hybridized carbons (Fsp3) is 0.526. The van der Waals surface area contributed by atoms with Gasteiger partial charge in [-0.15, -0.1) is 0 Å².